The molecule has 2 aromatic rings. The predicted octanol–water partition coefficient (Wildman–Crippen LogP) is 3.35. The first-order valence-corrected chi connectivity index (χ1v) is 12.6. The maximum Gasteiger partial charge on any atom is 0.410 e. The van der Waals surface area contributed by atoms with Gasteiger partial charge in [0.15, 0.2) is 0 Å². The molecule has 184 valence electrons. The molecule has 1 saturated carbocycles. The van der Waals surface area contributed by atoms with Crippen molar-refractivity contribution in [2.24, 2.45) is 0 Å². The molecule has 2 heterocycles. The topological polar surface area (TPSA) is 79.7 Å². The lowest BCUT2D eigenvalue weighted by atomic mass is 9.98. The Labute approximate surface area is 202 Å². The lowest BCUT2D eigenvalue weighted by Gasteiger charge is -2.38. The molecule has 0 spiro atoms. The molecule has 2 fully saturated rings. The number of carbonyl (C=O) groups is 2. The first kappa shape index (κ1) is 24.3. The van der Waals surface area contributed by atoms with E-state index in [1.165, 1.54) is 6.42 Å². The van der Waals surface area contributed by atoms with Gasteiger partial charge in [0.2, 0.25) is 5.91 Å². The highest BCUT2D eigenvalue weighted by Gasteiger charge is 2.36. The normalized spacial score (nSPS) is 19.1. The van der Waals surface area contributed by atoms with Crippen LogP contribution in [-0.4, -0.2) is 69.7 Å². The monoisotopic (exact) mass is 467 g/mol. The Balaban J connectivity index is 1.43. The number of hydrogen-bond donors (Lipinski definition) is 1. The van der Waals surface area contributed by atoms with Crippen molar-refractivity contribution in [1.29, 1.82) is 0 Å². The number of rotatable bonds is 8. The zero-order chi connectivity index (χ0) is 23.8. The van der Waals surface area contributed by atoms with Gasteiger partial charge in [-0.25, -0.2) is 9.78 Å². The summed E-state index contributed by atoms with van der Waals surface area (Å²) in [6.45, 7) is 5.48. The third kappa shape index (κ3) is 6.59. The second-order valence-corrected chi connectivity index (χ2v) is 9.41. The van der Waals surface area contributed by atoms with Crippen LogP contribution in [0.25, 0.3) is 0 Å². The highest BCUT2D eigenvalue weighted by atomic mass is 16.6. The molecule has 0 unspecified atom stereocenters. The summed E-state index contributed by atoms with van der Waals surface area (Å²) < 4.78 is 7.88. The Morgan fingerprint density at radius 1 is 1.18 bits per heavy atom. The Morgan fingerprint density at radius 2 is 1.97 bits per heavy atom. The average molecular weight is 468 g/mol. The second kappa shape index (κ2) is 12.0. The molecule has 2 amide bonds. The van der Waals surface area contributed by atoms with Crippen LogP contribution in [0, 0.1) is 6.92 Å². The van der Waals surface area contributed by atoms with Crippen LogP contribution in [0.5, 0.6) is 0 Å². The van der Waals surface area contributed by atoms with Gasteiger partial charge in [-0.2, -0.15) is 0 Å². The van der Waals surface area contributed by atoms with Crippen LogP contribution in [-0.2, 0) is 22.6 Å². The first-order valence-electron chi connectivity index (χ1n) is 12.6. The third-order valence-electron chi connectivity index (χ3n) is 6.72. The molecule has 1 atom stereocenters. The summed E-state index contributed by atoms with van der Waals surface area (Å²) in [4.78, 5) is 34.6. The zero-order valence-electron chi connectivity index (χ0n) is 20.2. The molecule has 34 heavy (non-hydrogen) atoms. The standard InChI is InChI=1S/C26H37N5O3/c1-21-18-29(20-28-21)14-8-15-30(19-22-9-4-2-5-10-22)25(32)24-17-27-13-16-31(24)26(33)34-23-11-6-3-7-12-23/h2,4-5,9-10,18,20,23-24,27H,3,6-8,11-17,19H2,1H3/t24-/m1/s1. The molecule has 1 aliphatic carbocycles. The summed E-state index contributed by atoms with van der Waals surface area (Å²) in [5.74, 6) is -0.0292. The lowest BCUT2D eigenvalue weighted by Crippen LogP contribution is -2.60. The van der Waals surface area contributed by atoms with E-state index < -0.39 is 6.04 Å². The minimum Gasteiger partial charge on any atom is -0.446 e. The molecule has 4 rings (SSSR count). The average Bonchev–Trinajstić information content (AvgIpc) is 3.29. The maximum atomic E-state index is 13.8. The minimum atomic E-state index is -0.552. The third-order valence-corrected chi connectivity index (χ3v) is 6.72. The predicted molar refractivity (Wildman–Crippen MR) is 130 cm³/mol. The lowest BCUT2D eigenvalue weighted by molar-refractivity contribution is -0.138. The van der Waals surface area contributed by atoms with Crippen LogP contribution in [0.3, 0.4) is 0 Å². The SMILES string of the molecule is Cc1cn(CCCN(Cc2ccccc2)C(=O)[C@H]2CNCCN2C(=O)OC2CCCCC2)cn1. The van der Waals surface area contributed by atoms with E-state index in [9.17, 15) is 9.59 Å². The van der Waals surface area contributed by atoms with Crippen LogP contribution in [0.2, 0.25) is 0 Å². The van der Waals surface area contributed by atoms with E-state index >= 15 is 0 Å². The number of nitrogens with one attached hydrogen (secondary N) is 1. The van der Waals surface area contributed by atoms with Crippen molar-refractivity contribution >= 4 is 12.0 Å². The fraction of sp³-hybridized carbons (Fsp3) is 0.577. The fourth-order valence-electron chi connectivity index (χ4n) is 4.86. The van der Waals surface area contributed by atoms with E-state index in [0.29, 0.717) is 32.7 Å². The van der Waals surface area contributed by atoms with Crippen molar-refractivity contribution in [3.8, 4) is 0 Å². The number of carbonyl (C=O) groups excluding carboxylic acids is 2. The number of amides is 2. The number of piperazine rings is 1. The van der Waals surface area contributed by atoms with Crippen molar-refractivity contribution in [1.82, 2.24) is 24.7 Å². The summed E-state index contributed by atoms with van der Waals surface area (Å²) in [5, 5.41) is 3.30. The van der Waals surface area contributed by atoms with Gasteiger partial charge in [-0.3, -0.25) is 9.69 Å². The van der Waals surface area contributed by atoms with Crippen LogP contribution >= 0.6 is 0 Å². The van der Waals surface area contributed by atoms with Gasteiger partial charge in [-0.1, -0.05) is 36.8 Å². The summed E-state index contributed by atoms with van der Waals surface area (Å²) in [6, 6.07) is 9.47. The van der Waals surface area contributed by atoms with Crippen LogP contribution in [0.4, 0.5) is 4.79 Å². The molecule has 0 radical (unpaired) electrons. The quantitative estimate of drug-likeness (QED) is 0.644. The van der Waals surface area contributed by atoms with Gasteiger partial charge in [0.1, 0.15) is 12.1 Å². The highest BCUT2D eigenvalue weighted by Crippen LogP contribution is 2.22. The molecule has 2 aliphatic rings. The number of hydrogen-bond acceptors (Lipinski definition) is 5. The highest BCUT2D eigenvalue weighted by molar-refractivity contribution is 5.86. The summed E-state index contributed by atoms with van der Waals surface area (Å²) in [5.41, 5.74) is 2.06. The fourth-order valence-corrected chi connectivity index (χ4v) is 4.86. The number of benzene rings is 1. The number of aryl methyl sites for hydroxylation is 2. The number of nitrogens with zero attached hydrogens (tertiary/aromatic N) is 4. The van der Waals surface area contributed by atoms with E-state index in [0.717, 1.165) is 49.9 Å². The Bertz CT molecular complexity index is 926. The Morgan fingerprint density at radius 3 is 2.71 bits per heavy atom. The molecule has 1 N–H and O–H groups in total. The van der Waals surface area contributed by atoms with Crippen molar-refractivity contribution in [3.63, 3.8) is 0 Å². The van der Waals surface area contributed by atoms with E-state index in [4.69, 9.17) is 4.74 Å². The van der Waals surface area contributed by atoms with Gasteiger partial charge < -0.3 is 19.5 Å². The number of imidazole rings is 1. The molecule has 1 saturated heterocycles. The van der Waals surface area contributed by atoms with Crippen molar-refractivity contribution in [2.45, 2.75) is 70.7 Å². The smallest absolute Gasteiger partial charge is 0.410 e. The van der Waals surface area contributed by atoms with Gasteiger partial charge in [-0.05, 0) is 44.6 Å². The van der Waals surface area contributed by atoms with E-state index in [1.807, 2.05) is 54.7 Å². The molecule has 0 bridgehead atoms. The zero-order valence-corrected chi connectivity index (χ0v) is 20.2. The van der Waals surface area contributed by atoms with Gasteiger partial charge in [0.25, 0.3) is 0 Å². The van der Waals surface area contributed by atoms with E-state index in [-0.39, 0.29) is 18.1 Å². The minimum absolute atomic E-state index is 0.0223. The van der Waals surface area contributed by atoms with Gasteiger partial charge in [0.05, 0.1) is 12.0 Å². The van der Waals surface area contributed by atoms with Crippen LogP contribution < -0.4 is 5.32 Å². The Hall–Kier alpha value is -2.87. The van der Waals surface area contributed by atoms with Crippen molar-refractivity contribution in [3.05, 3.63) is 54.1 Å². The van der Waals surface area contributed by atoms with Crippen molar-refractivity contribution < 1.29 is 14.3 Å². The van der Waals surface area contributed by atoms with Gasteiger partial charge in [0, 0.05) is 45.5 Å². The van der Waals surface area contributed by atoms with E-state index in [2.05, 4.69) is 14.9 Å². The molecule has 8 nitrogen and oxygen atoms in total. The van der Waals surface area contributed by atoms with Crippen LogP contribution in [0.15, 0.2) is 42.9 Å². The van der Waals surface area contributed by atoms with Crippen LogP contribution in [0.1, 0.15) is 49.8 Å². The van der Waals surface area contributed by atoms with Crippen molar-refractivity contribution in [2.75, 3.05) is 26.2 Å². The maximum absolute atomic E-state index is 13.8. The molecular formula is C26H37N5O3. The number of aromatic nitrogens is 2. The van der Waals surface area contributed by atoms with Gasteiger partial charge in [-0.15, -0.1) is 0 Å². The number of ether oxygens (including phenoxy) is 1. The molecule has 1 aromatic carbocycles. The molecular weight excluding hydrogens is 430 g/mol. The largest absolute Gasteiger partial charge is 0.446 e. The second-order valence-electron chi connectivity index (χ2n) is 9.41. The molecule has 8 heteroatoms. The molecule has 1 aromatic heterocycles. The Kier molecular flexibility index (Phi) is 8.57. The molecule has 1 aliphatic heterocycles. The van der Waals surface area contributed by atoms with E-state index in [1.54, 1.807) is 4.90 Å². The van der Waals surface area contributed by atoms with Gasteiger partial charge >= 0.3 is 6.09 Å². The summed E-state index contributed by atoms with van der Waals surface area (Å²) >= 11 is 0. The summed E-state index contributed by atoms with van der Waals surface area (Å²) in [7, 11) is 0. The summed E-state index contributed by atoms with van der Waals surface area (Å²) in [6.07, 6.45) is 9.52. The first-order chi connectivity index (χ1) is 16.6.